The van der Waals surface area contributed by atoms with Gasteiger partial charge in [-0.1, -0.05) is 0 Å². The van der Waals surface area contributed by atoms with Crippen LogP contribution in [0.1, 0.15) is 41.7 Å². The van der Waals surface area contributed by atoms with Gasteiger partial charge in [-0.2, -0.15) is 5.26 Å². The number of nitrogens with zero attached hydrogens (tertiary/aromatic N) is 3. The van der Waals surface area contributed by atoms with Crippen LogP contribution in [0.25, 0.3) is 0 Å². The van der Waals surface area contributed by atoms with Crippen LogP contribution in [0.3, 0.4) is 0 Å². The van der Waals surface area contributed by atoms with E-state index < -0.39 is 18.1 Å². The van der Waals surface area contributed by atoms with Crippen molar-refractivity contribution in [1.29, 1.82) is 5.26 Å². The first-order valence-electron chi connectivity index (χ1n) is 9.07. The Kier molecular flexibility index (Phi) is 4.42. The summed E-state index contributed by atoms with van der Waals surface area (Å²) >= 11 is 1.76. The third kappa shape index (κ3) is 2.91. The number of primary amides is 1. The molecule has 134 valence electrons. The third-order valence-electron chi connectivity index (χ3n) is 5.80. The van der Waals surface area contributed by atoms with Crippen molar-refractivity contribution in [1.82, 2.24) is 4.90 Å². The van der Waals surface area contributed by atoms with E-state index in [0.717, 1.165) is 49.3 Å². The van der Waals surface area contributed by atoms with Gasteiger partial charge < -0.3 is 10.6 Å². The largest absolute Gasteiger partial charge is 0.368 e. The molecule has 2 N–H and O–H groups in total. The Labute approximate surface area is 151 Å². The van der Waals surface area contributed by atoms with E-state index in [1.807, 2.05) is 4.90 Å². The molecule has 0 aromatic carbocycles. The van der Waals surface area contributed by atoms with Crippen LogP contribution in [0.5, 0.6) is 0 Å². The number of carbonyl (C=O) groups is 1. The van der Waals surface area contributed by atoms with Crippen molar-refractivity contribution in [3.63, 3.8) is 0 Å². The Morgan fingerprint density at radius 3 is 2.88 bits per heavy atom. The zero-order chi connectivity index (χ0) is 17.6. The number of rotatable bonds is 3. The minimum absolute atomic E-state index is 0.129. The van der Waals surface area contributed by atoms with E-state index in [1.54, 1.807) is 11.3 Å². The van der Waals surface area contributed by atoms with Gasteiger partial charge in [-0.05, 0) is 37.7 Å². The molecule has 2 aliphatic heterocycles. The van der Waals surface area contributed by atoms with Crippen LogP contribution in [0.2, 0.25) is 0 Å². The maximum Gasteiger partial charge on any atom is 0.234 e. The number of fused-ring (bicyclic) bond motifs is 1. The van der Waals surface area contributed by atoms with Crippen LogP contribution < -0.4 is 10.6 Å². The summed E-state index contributed by atoms with van der Waals surface area (Å²) in [5.74, 6) is -0.428. The molecule has 3 heterocycles. The average molecular weight is 362 g/mol. The highest BCUT2D eigenvalue weighted by Gasteiger charge is 2.42. The number of halogens is 1. The Bertz CT molecular complexity index is 727. The van der Waals surface area contributed by atoms with Gasteiger partial charge in [0, 0.05) is 37.0 Å². The van der Waals surface area contributed by atoms with Crippen molar-refractivity contribution < 1.29 is 9.18 Å². The van der Waals surface area contributed by atoms with Gasteiger partial charge in [0.15, 0.2) is 0 Å². The van der Waals surface area contributed by atoms with Gasteiger partial charge in [-0.15, -0.1) is 11.3 Å². The Morgan fingerprint density at radius 2 is 2.12 bits per heavy atom. The van der Waals surface area contributed by atoms with Gasteiger partial charge in [0.2, 0.25) is 5.91 Å². The molecular weight excluding hydrogens is 339 g/mol. The van der Waals surface area contributed by atoms with E-state index >= 15 is 0 Å². The number of carbonyl (C=O) groups excluding carboxylic acids is 1. The van der Waals surface area contributed by atoms with Gasteiger partial charge in [0.1, 0.15) is 17.2 Å². The summed E-state index contributed by atoms with van der Waals surface area (Å²) in [5, 5.41) is 10.7. The zero-order valence-corrected chi connectivity index (χ0v) is 15.0. The Hall–Kier alpha value is -1.65. The molecule has 3 aliphatic rings. The summed E-state index contributed by atoms with van der Waals surface area (Å²) < 4.78 is 13.8. The monoisotopic (exact) mass is 362 g/mol. The summed E-state index contributed by atoms with van der Waals surface area (Å²) in [5.41, 5.74) is 7.57. The summed E-state index contributed by atoms with van der Waals surface area (Å²) in [6, 6.07) is 2.06. The van der Waals surface area contributed by atoms with E-state index in [0.29, 0.717) is 0 Å². The van der Waals surface area contributed by atoms with E-state index in [-0.39, 0.29) is 19.0 Å². The van der Waals surface area contributed by atoms with E-state index in [9.17, 15) is 14.4 Å². The van der Waals surface area contributed by atoms with Crippen molar-refractivity contribution in [2.75, 3.05) is 24.5 Å². The lowest BCUT2D eigenvalue weighted by atomic mass is 9.96. The maximum atomic E-state index is 13.8. The highest BCUT2D eigenvalue weighted by atomic mass is 32.1. The summed E-state index contributed by atoms with van der Waals surface area (Å²) in [6.07, 6.45) is 4.55. The fourth-order valence-electron chi connectivity index (χ4n) is 4.58. The molecule has 2 saturated heterocycles. The van der Waals surface area contributed by atoms with E-state index in [2.05, 4.69) is 11.0 Å². The molecule has 1 aromatic heterocycles. The molecule has 5 nitrogen and oxygen atoms in total. The third-order valence-corrected chi connectivity index (χ3v) is 7.15. The van der Waals surface area contributed by atoms with Crippen molar-refractivity contribution >= 4 is 22.2 Å². The molecule has 0 radical (unpaired) electrons. The quantitative estimate of drug-likeness (QED) is 0.892. The number of aryl methyl sites for hydroxylation is 1. The molecule has 2 fully saturated rings. The smallest absolute Gasteiger partial charge is 0.234 e. The van der Waals surface area contributed by atoms with Crippen LogP contribution in [0.15, 0.2) is 0 Å². The molecule has 0 unspecified atom stereocenters. The second-order valence-corrected chi connectivity index (χ2v) is 8.42. The van der Waals surface area contributed by atoms with Crippen molar-refractivity contribution in [2.24, 2.45) is 5.73 Å². The highest BCUT2D eigenvalue weighted by Crippen LogP contribution is 2.41. The zero-order valence-electron chi connectivity index (χ0n) is 14.2. The molecule has 1 aliphatic carbocycles. The van der Waals surface area contributed by atoms with Gasteiger partial charge >= 0.3 is 0 Å². The molecule has 0 spiro atoms. The summed E-state index contributed by atoms with van der Waals surface area (Å²) in [7, 11) is 0. The molecular formula is C18H23FN4OS. The van der Waals surface area contributed by atoms with Crippen molar-refractivity contribution in [3.8, 4) is 6.07 Å². The highest BCUT2D eigenvalue weighted by molar-refractivity contribution is 7.16. The van der Waals surface area contributed by atoms with Crippen LogP contribution in [-0.4, -0.2) is 48.7 Å². The number of hydrogen-bond donors (Lipinski definition) is 1. The minimum Gasteiger partial charge on any atom is -0.368 e. The predicted octanol–water partition coefficient (Wildman–Crippen LogP) is 1.97. The first-order chi connectivity index (χ1) is 12.1. The number of alkyl halides is 1. The number of thiophene rings is 1. The van der Waals surface area contributed by atoms with E-state index in [1.165, 1.54) is 16.9 Å². The van der Waals surface area contributed by atoms with Gasteiger partial charge in [0.05, 0.1) is 11.6 Å². The Morgan fingerprint density at radius 1 is 1.32 bits per heavy atom. The second-order valence-electron chi connectivity index (χ2n) is 7.34. The predicted molar refractivity (Wildman–Crippen MR) is 95.5 cm³/mol. The molecule has 1 aromatic rings. The number of hydrogen-bond acceptors (Lipinski definition) is 5. The molecule has 3 atom stereocenters. The minimum atomic E-state index is -0.977. The first kappa shape index (κ1) is 16.8. The van der Waals surface area contributed by atoms with Gasteiger partial charge in [-0.25, -0.2) is 4.39 Å². The van der Waals surface area contributed by atoms with Crippen molar-refractivity contribution in [2.45, 2.75) is 56.8 Å². The molecule has 0 bridgehead atoms. The fourth-order valence-corrected chi connectivity index (χ4v) is 5.95. The van der Waals surface area contributed by atoms with Crippen LogP contribution in [-0.2, 0) is 17.6 Å². The fraction of sp³-hybridized carbons (Fsp3) is 0.667. The number of amides is 1. The lowest BCUT2D eigenvalue weighted by Gasteiger charge is -2.28. The summed E-state index contributed by atoms with van der Waals surface area (Å²) in [4.78, 5) is 17.2. The van der Waals surface area contributed by atoms with Crippen molar-refractivity contribution in [3.05, 3.63) is 16.0 Å². The standard InChI is InChI=1S/C18H23FN4OS/c19-11-7-15(17(21)24)23(9-11)12-5-6-22(10-12)18-14(8-20)13-3-1-2-4-16(13)25-18/h11-12,15H,1-7,9-10H2,(H2,21,24)/t11-,12-,15-/m0/s1. The van der Waals surface area contributed by atoms with Crippen LogP contribution in [0.4, 0.5) is 9.39 Å². The number of nitriles is 1. The number of likely N-dealkylation sites (tertiary alicyclic amines) is 1. The first-order valence-corrected chi connectivity index (χ1v) is 9.89. The topological polar surface area (TPSA) is 73.4 Å². The SMILES string of the molecule is N#Cc1c(N2CC[C@H](N3C[C@@H](F)C[C@H]3C(N)=O)C2)sc2c1CCCC2. The molecule has 4 rings (SSSR count). The summed E-state index contributed by atoms with van der Waals surface area (Å²) in [6.45, 7) is 1.88. The lowest BCUT2D eigenvalue weighted by molar-refractivity contribution is -0.122. The Balaban J connectivity index is 1.54. The second kappa shape index (κ2) is 6.58. The molecule has 25 heavy (non-hydrogen) atoms. The average Bonchev–Trinajstić information content (AvgIpc) is 3.29. The normalized spacial score (nSPS) is 29.6. The van der Waals surface area contributed by atoms with Gasteiger partial charge in [-0.3, -0.25) is 9.69 Å². The van der Waals surface area contributed by atoms with Crippen LogP contribution in [0, 0.1) is 11.3 Å². The molecule has 0 saturated carbocycles. The van der Waals surface area contributed by atoms with Gasteiger partial charge in [0.25, 0.3) is 0 Å². The molecule has 7 heteroatoms. The number of nitrogens with two attached hydrogens (primary N) is 1. The van der Waals surface area contributed by atoms with E-state index in [4.69, 9.17) is 5.73 Å². The lowest BCUT2D eigenvalue weighted by Crippen LogP contribution is -2.47. The number of anilines is 1. The van der Waals surface area contributed by atoms with Crippen LogP contribution >= 0.6 is 11.3 Å². The molecule has 1 amide bonds. The maximum absolute atomic E-state index is 13.8.